The number of carbonyl (C=O) groups is 1. The Kier molecular flexibility index (Phi) is 5.87. The van der Waals surface area contributed by atoms with Crippen molar-refractivity contribution in [1.29, 1.82) is 5.41 Å². The molecule has 0 saturated heterocycles. The highest BCUT2D eigenvalue weighted by atomic mass is 16.1. The van der Waals surface area contributed by atoms with Crippen LogP contribution < -0.4 is 10.2 Å². The Labute approximate surface area is 154 Å². The molecule has 0 aliphatic heterocycles. The van der Waals surface area contributed by atoms with Crippen LogP contribution in [0.1, 0.15) is 32.2 Å². The Balaban J connectivity index is 2.60. The Morgan fingerprint density at radius 1 is 1.19 bits per heavy atom. The molecular weight excluding hydrogens is 326 g/mol. The Morgan fingerprint density at radius 2 is 1.85 bits per heavy atom. The van der Waals surface area contributed by atoms with Gasteiger partial charge in [0.15, 0.2) is 0 Å². The van der Waals surface area contributed by atoms with Gasteiger partial charge in [-0.15, -0.1) is 0 Å². The SMILES string of the molecule is CN/C=C\C(=N)N(C=O)c1cc(-c2cnc(C)nc2)ccc1C(C)(C)C. The summed E-state index contributed by atoms with van der Waals surface area (Å²) in [4.78, 5) is 21.6. The molecular formula is C20H25N5O. The number of rotatable bonds is 5. The molecule has 1 aromatic heterocycles. The second-order valence-electron chi connectivity index (χ2n) is 6.98. The first-order valence-electron chi connectivity index (χ1n) is 8.38. The molecule has 0 saturated carbocycles. The minimum atomic E-state index is -0.189. The molecule has 2 N–H and O–H groups in total. The van der Waals surface area contributed by atoms with E-state index in [4.69, 9.17) is 5.41 Å². The second kappa shape index (κ2) is 7.91. The van der Waals surface area contributed by atoms with Crippen molar-refractivity contribution in [2.75, 3.05) is 11.9 Å². The van der Waals surface area contributed by atoms with Crippen LogP contribution in [0.25, 0.3) is 11.1 Å². The number of nitrogens with one attached hydrogen (secondary N) is 2. The maximum absolute atomic E-state index is 11.8. The van der Waals surface area contributed by atoms with Gasteiger partial charge in [0.05, 0.1) is 5.69 Å². The fourth-order valence-electron chi connectivity index (χ4n) is 2.57. The third-order valence-electron chi connectivity index (χ3n) is 3.95. The van der Waals surface area contributed by atoms with Gasteiger partial charge < -0.3 is 5.32 Å². The largest absolute Gasteiger partial charge is 0.394 e. The molecule has 6 heteroatoms. The van der Waals surface area contributed by atoms with Crippen LogP contribution in [0, 0.1) is 12.3 Å². The van der Waals surface area contributed by atoms with E-state index in [1.54, 1.807) is 31.7 Å². The summed E-state index contributed by atoms with van der Waals surface area (Å²) in [7, 11) is 1.74. The molecule has 26 heavy (non-hydrogen) atoms. The lowest BCUT2D eigenvalue weighted by molar-refractivity contribution is -0.106. The zero-order valence-electron chi connectivity index (χ0n) is 15.9. The van der Waals surface area contributed by atoms with E-state index < -0.39 is 0 Å². The zero-order valence-corrected chi connectivity index (χ0v) is 15.9. The minimum absolute atomic E-state index is 0.0807. The summed E-state index contributed by atoms with van der Waals surface area (Å²) in [5.74, 6) is 0.783. The van der Waals surface area contributed by atoms with Gasteiger partial charge in [0, 0.05) is 25.0 Å². The average molecular weight is 351 g/mol. The standard InChI is InChI=1S/C20H25N5O/c1-14-23-11-16(12-24-14)15-6-7-17(20(2,3)4)18(10-15)25(13-26)19(21)8-9-22-5/h6-13,21-22H,1-5H3/b9-8-,21-19?. The molecule has 2 rings (SSSR count). The lowest BCUT2D eigenvalue weighted by atomic mass is 9.84. The summed E-state index contributed by atoms with van der Waals surface area (Å²) >= 11 is 0. The predicted molar refractivity (Wildman–Crippen MR) is 105 cm³/mol. The summed E-state index contributed by atoms with van der Waals surface area (Å²) in [6, 6.07) is 5.90. The third-order valence-corrected chi connectivity index (χ3v) is 3.95. The normalized spacial score (nSPS) is 11.4. The van der Waals surface area contributed by atoms with Crippen LogP contribution >= 0.6 is 0 Å². The first kappa shape index (κ1) is 19.3. The number of anilines is 1. The van der Waals surface area contributed by atoms with Crippen molar-refractivity contribution in [3.63, 3.8) is 0 Å². The van der Waals surface area contributed by atoms with Gasteiger partial charge >= 0.3 is 0 Å². The highest BCUT2D eigenvalue weighted by Crippen LogP contribution is 2.35. The topological polar surface area (TPSA) is 82.0 Å². The van der Waals surface area contributed by atoms with Crippen molar-refractivity contribution in [1.82, 2.24) is 15.3 Å². The quantitative estimate of drug-likeness (QED) is 0.491. The first-order chi connectivity index (χ1) is 12.3. The number of hydrogen-bond donors (Lipinski definition) is 2. The smallest absolute Gasteiger partial charge is 0.219 e. The van der Waals surface area contributed by atoms with Gasteiger partial charge in [0.2, 0.25) is 6.41 Å². The maximum Gasteiger partial charge on any atom is 0.219 e. The molecule has 0 aliphatic carbocycles. The van der Waals surface area contributed by atoms with Gasteiger partial charge in [-0.25, -0.2) is 9.97 Å². The van der Waals surface area contributed by atoms with E-state index in [2.05, 4.69) is 36.1 Å². The fourth-order valence-corrected chi connectivity index (χ4v) is 2.57. The van der Waals surface area contributed by atoms with Gasteiger partial charge in [-0.3, -0.25) is 15.1 Å². The highest BCUT2D eigenvalue weighted by molar-refractivity contribution is 6.14. The molecule has 0 fully saturated rings. The van der Waals surface area contributed by atoms with E-state index in [-0.39, 0.29) is 11.3 Å². The number of carbonyl (C=O) groups excluding carboxylic acids is 1. The summed E-state index contributed by atoms with van der Waals surface area (Å²) in [5.41, 5.74) is 3.22. The number of benzene rings is 1. The highest BCUT2D eigenvalue weighted by Gasteiger charge is 2.23. The predicted octanol–water partition coefficient (Wildman–Crippen LogP) is 3.42. The number of aryl methyl sites for hydroxylation is 1. The van der Waals surface area contributed by atoms with Crippen molar-refractivity contribution in [3.05, 3.63) is 54.3 Å². The zero-order chi connectivity index (χ0) is 19.3. The van der Waals surface area contributed by atoms with E-state index in [9.17, 15) is 4.79 Å². The molecule has 1 amide bonds. The van der Waals surface area contributed by atoms with E-state index >= 15 is 0 Å². The Morgan fingerprint density at radius 3 is 2.38 bits per heavy atom. The van der Waals surface area contributed by atoms with Crippen molar-refractivity contribution >= 4 is 17.9 Å². The average Bonchev–Trinajstić information content (AvgIpc) is 2.60. The van der Waals surface area contributed by atoms with Crippen LogP contribution in [0.4, 0.5) is 5.69 Å². The van der Waals surface area contributed by atoms with Crippen molar-refractivity contribution in [2.24, 2.45) is 0 Å². The van der Waals surface area contributed by atoms with Crippen molar-refractivity contribution in [3.8, 4) is 11.1 Å². The van der Waals surface area contributed by atoms with Gasteiger partial charge in [0.25, 0.3) is 0 Å². The molecule has 1 aromatic carbocycles. The molecule has 1 heterocycles. The van der Waals surface area contributed by atoms with Crippen LogP contribution in [-0.2, 0) is 10.2 Å². The molecule has 0 spiro atoms. The molecule has 6 nitrogen and oxygen atoms in total. The van der Waals surface area contributed by atoms with Crippen molar-refractivity contribution in [2.45, 2.75) is 33.1 Å². The van der Waals surface area contributed by atoms with Crippen LogP contribution in [0.2, 0.25) is 0 Å². The number of aromatic nitrogens is 2. The van der Waals surface area contributed by atoms with Crippen LogP contribution in [0.3, 0.4) is 0 Å². The maximum atomic E-state index is 11.8. The van der Waals surface area contributed by atoms with Crippen LogP contribution in [-0.4, -0.2) is 29.3 Å². The molecule has 2 aromatic rings. The molecule has 136 valence electrons. The Hall–Kier alpha value is -3.02. The van der Waals surface area contributed by atoms with Crippen LogP contribution in [0.15, 0.2) is 42.9 Å². The van der Waals surface area contributed by atoms with Gasteiger partial charge in [-0.05, 0) is 41.8 Å². The Bertz CT molecular complexity index is 819. The molecule has 0 aliphatic rings. The number of amides is 1. The van der Waals surface area contributed by atoms with E-state index in [1.807, 2.05) is 25.1 Å². The molecule has 0 unspecified atom stereocenters. The van der Waals surface area contributed by atoms with Gasteiger partial charge in [0.1, 0.15) is 11.7 Å². The first-order valence-corrected chi connectivity index (χ1v) is 8.38. The summed E-state index contributed by atoms with van der Waals surface area (Å²) in [6.45, 7) is 8.07. The second-order valence-corrected chi connectivity index (χ2v) is 6.98. The summed E-state index contributed by atoms with van der Waals surface area (Å²) in [6.07, 6.45) is 7.35. The minimum Gasteiger partial charge on any atom is -0.394 e. The van der Waals surface area contributed by atoms with Gasteiger partial charge in [-0.1, -0.05) is 32.9 Å². The van der Waals surface area contributed by atoms with Crippen LogP contribution in [0.5, 0.6) is 0 Å². The summed E-state index contributed by atoms with van der Waals surface area (Å²) in [5, 5.41) is 11.1. The molecule has 0 radical (unpaired) electrons. The van der Waals surface area contributed by atoms with Gasteiger partial charge in [-0.2, -0.15) is 0 Å². The summed E-state index contributed by atoms with van der Waals surface area (Å²) < 4.78 is 0. The number of amidine groups is 1. The van der Waals surface area contributed by atoms with E-state index in [0.29, 0.717) is 17.9 Å². The van der Waals surface area contributed by atoms with Crippen molar-refractivity contribution < 1.29 is 4.79 Å². The fraction of sp³-hybridized carbons (Fsp3) is 0.300. The monoisotopic (exact) mass is 351 g/mol. The number of nitrogens with zero attached hydrogens (tertiary/aromatic N) is 3. The van der Waals surface area contributed by atoms with E-state index in [1.165, 1.54) is 4.90 Å². The lowest BCUT2D eigenvalue weighted by Gasteiger charge is -2.28. The van der Waals surface area contributed by atoms with E-state index in [0.717, 1.165) is 16.7 Å². The molecule has 0 atom stereocenters. The lowest BCUT2D eigenvalue weighted by Crippen LogP contribution is -2.30. The third kappa shape index (κ3) is 4.33. The number of hydrogen-bond acceptors (Lipinski definition) is 5. The molecule has 0 bridgehead atoms.